The monoisotopic (exact) mass is 305 g/mol. The SMILES string of the molecule is Cc1cc(C)c(NC(=O)[C@@H](C)[NH+]2C[C@@H](C)O[C@@H](C)C2)c(C)c1. The van der Waals surface area contributed by atoms with Gasteiger partial charge in [-0.15, -0.1) is 0 Å². The number of hydrogen-bond acceptors (Lipinski definition) is 2. The second-order valence-electron chi connectivity index (χ2n) is 6.81. The van der Waals surface area contributed by atoms with E-state index in [-0.39, 0.29) is 24.2 Å². The molecule has 1 aromatic rings. The summed E-state index contributed by atoms with van der Waals surface area (Å²) in [6, 6.07) is 4.15. The predicted molar refractivity (Wildman–Crippen MR) is 89.5 cm³/mol. The lowest BCUT2D eigenvalue weighted by Crippen LogP contribution is -3.19. The smallest absolute Gasteiger partial charge is 0.282 e. The van der Waals surface area contributed by atoms with Crippen LogP contribution in [0.1, 0.15) is 37.5 Å². The predicted octanol–water partition coefficient (Wildman–Crippen LogP) is 1.63. The molecule has 4 atom stereocenters. The summed E-state index contributed by atoms with van der Waals surface area (Å²) in [5.74, 6) is 0.0892. The molecule has 2 rings (SSSR count). The fourth-order valence-electron chi connectivity index (χ4n) is 3.46. The minimum Gasteiger partial charge on any atom is -0.364 e. The Bertz CT molecular complexity index is 523. The van der Waals surface area contributed by atoms with Crippen molar-refractivity contribution in [2.24, 2.45) is 0 Å². The van der Waals surface area contributed by atoms with Gasteiger partial charge in [0.15, 0.2) is 6.04 Å². The average molecular weight is 305 g/mol. The van der Waals surface area contributed by atoms with Gasteiger partial charge in [0, 0.05) is 5.69 Å². The summed E-state index contributed by atoms with van der Waals surface area (Å²) < 4.78 is 5.76. The summed E-state index contributed by atoms with van der Waals surface area (Å²) in [4.78, 5) is 13.9. The molecule has 0 aromatic heterocycles. The second-order valence-corrected chi connectivity index (χ2v) is 6.81. The minimum atomic E-state index is -0.0751. The number of anilines is 1. The number of morpholine rings is 1. The molecule has 1 aliphatic rings. The first-order chi connectivity index (χ1) is 10.3. The summed E-state index contributed by atoms with van der Waals surface area (Å²) in [5.41, 5.74) is 4.42. The Labute approximate surface area is 133 Å². The van der Waals surface area contributed by atoms with Crippen LogP contribution < -0.4 is 10.2 Å². The Kier molecular flexibility index (Phi) is 5.24. The highest BCUT2D eigenvalue weighted by Gasteiger charge is 2.33. The van der Waals surface area contributed by atoms with Gasteiger partial charge in [0.25, 0.3) is 5.91 Å². The number of quaternary nitrogens is 1. The van der Waals surface area contributed by atoms with Crippen molar-refractivity contribution in [2.75, 3.05) is 18.4 Å². The van der Waals surface area contributed by atoms with E-state index in [2.05, 4.69) is 38.2 Å². The Morgan fingerprint density at radius 2 is 1.68 bits per heavy atom. The highest BCUT2D eigenvalue weighted by Crippen LogP contribution is 2.21. The van der Waals surface area contributed by atoms with Gasteiger partial charge < -0.3 is 15.0 Å². The molecule has 1 amide bonds. The third kappa shape index (κ3) is 3.87. The van der Waals surface area contributed by atoms with E-state index in [0.717, 1.165) is 29.9 Å². The number of nitrogens with one attached hydrogen (secondary N) is 2. The molecule has 22 heavy (non-hydrogen) atoms. The first-order valence-electron chi connectivity index (χ1n) is 8.16. The van der Waals surface area contributed by atoms with E-state index < -0.39 is 0 Å². The fraction of sp³-hybridized carbons (Fsp3) is 0.611. The summed E-state index contributed by atoms with van der Waals surface area (Å²) in [7, 11) is 0. The van der Waals surface area contributed by atoms with Crippen LogP contribution in [0.3, 0.4) is 0 Å². The largest absolute Gasteiger partial charge is 0.364 e. The highest BCUT2D eigenvalue weighted by molar-refractivity contribution is 5.95. The van der Waals surface area contributed by atoms with Crippen LogP contribution in [-0.2, 0) is 9.53 Å². The number of hydrogen-bond donors (Lipinski definition) is 2. The average Bonchev–Trinajstić information content (AvgIpc) is 2.40. The van der Waals surface area contributed by atoms with Gasteiger partial charge in [-0.1, -0.05) is 17.7 Å². The van der Waals surface area contributed by atoms with E-state index >= 15 is 0 Å². The Morgan fingerprint density at radius 1 is 1.18 bits per heavy atom. The van der Waals surface area contributed by atoms with Gasteiger partial charge in [-0.2, -0.15) is 0 Å². The number of carbonyl (C=O) groups excluding carboxylic acids is 1. The van der Waals surface area contributed by atoms with Crippen molar-refractivity contribution in [2.45, 2.75) is 59.8 Å². The molecule has 1 heterocycles. The Hall–Kier alpha value is -1.39. The zero-order valence-corrected chi connectivity index (χ0v) is 14.6. The lowest BCUT2D eigenvalue weighted by molar-refractivity contribution is -0.928. The van der Waals surface area contributed by atoms with Crippen molar-refractivity contribution in [3.05, 3.63) is 28.8 Å². The Balaban J connectivity index is 2.09. The lowest BCUT2D eigenvalue weighted by atomic mass is 10.0. The molecule has 0 saturated carbocycles. The van der Waals surface area contributed by atoms with Crippen molar-refractivity contribution in [3.63, 3.8) is 0 Å². The topological polar surface area (TPSA) is 42.8 Å². The Morgan fingerprint density at radius 3 is 2.18 bits per heavy atom. The molecule has 1 aromatic carbocycles. The number of benzene rings is 1. The van der Waals surface area contributed by atoms with Crippen LogP contribution in [0.25, 0.3) is 0 Å². The standard InChI is InChI=1S/C18H28N2O2/c1-11-7-12(2)17(13(3)8-11)19-18(21)16(6)20-9-14(4)22-15(5)10-20/h7-8,14-16H,9-10H2,1-6H3,(H,19,21)/p+1/t14-,15+,16-/m1/s1. The molecule has 1 aliphatic heterocycles. The molecule has 122 valence electrons. The van der Waals surface area contributed by atoms with Crippen molar-refractivity contribution in [1.82, 2.24) is 0 Å². The quantitative estimate of drug-likeness (QED) is 0.891. The molecule has 1 fully saturated rings. The molecule has 0 aliphatic carbocycles. The molecule has 2 N–H and O–H groups in total. The van der Waals surface area contributed by atoms with Gasteiger partial charge >= 0.3 is 0 Å². The maximum Gasteiger partial charge on any atom is 0.282 e. The van der Waals surface area contributed by atoms with Crippen LogP contribution in [0.15, 0.2) is 12.1 Å². The molecule has 4 nitrogen and oxygen atoms in total. The molecule has 1 saturated heterocycles. The van der Waals surface area contributed by atoms with Crippen molar-refractivity contribution in [1.29, 1.82) is 0 Å². The van der Waals surface area contributed by atoms with Crippen LogP contribution in [-0.4, -0.2) is 37.2 Å². The fourth-order valence-corrected chi connectivity index (χ4v) is 3.46. The van der Waals surface area contributed by atoms with Crippen LogP contribution in [0.4, 0.5) is 5.69 Å². The van der Waals surface area contributed by atoms with Crippen LogP contribution in [0.5, 0.6) is 0 Å². The summed E-state index contributed by atoms with van der Waals surface area (Å²) in [6.45, 7) is 14.1. The first-order valence-corrected chi connectivity index (χ1v) is 8.16. The maximum atomic E-state index is 12.6. The number of aryl methyl sites for hydroxylation is 3. The minimum absolute atomic E-state index is 0.0751. The highest BCUT2D eigenvalue weighted by atomic mass is 16.5. The van der Waals surface area contributed by atoms with Crippen LogP contribution >= 0.6 is 0 Å². The third-order valence-electron chi connectivity index (χ3n) is 4.49. The molecule has 0 radical (unpaired) electrons. The number of carbonyl (C=O) groups is 1. The van der Waals surface area contributed by atoms with Gasteiger partial charge in [-0.25, -0.2) is 0 Å². The lowest BCUT2D eigenvalue weighted by Gasteiger charge is -2.35. The first kappa shape index (κ1) is 17.0. The van der Waals surface area contributed by atoms with E-state index in [4.69, 9.17) is 4.74 Å². The summed E-state index contributed by atoms with van der Waals surface area (Å²) in [5, 5.41) is 3.13. The van der Waals surface area contributed by atoms with Crippen molar-refractivity contribution < 1.29 is 14.4 Å². The van der Waals surface area contributed by atoms with Gasteiger partial charge in [0.1, 0.15) is 25.3 Å². The van der Waals surface area contributed by atoms with Crippen LogP contribution in [0.2, 0.25) is 0 Å². The molecular weight excluding hydrogens is 276 g/mol. The van der Waals surface area contributed by atoms with Crippen molar-refractivity contribution in [3.8, 4) is 0 Å². The maximum absolute atomic E-state index is 12.6. The van der Waals surface area contributed by atoms with E-state index in [1.54, 1.807) is 0 Å². The second kappa shape index (κ2) is 6.80. The number of amides is 1. The molecule has 0 spiro atoms. The van der Waals surface area contributed by atoms with E-state index in [0.29, 0.717) is 0 Å². The van der Waals surface area contributed by atoms with Gasteiger partial charge in [0.2, 0.25) is 0 Å². The summed E-state index contributed by atoms with van der Waals surface area (Å²) >= 11 is 0. The van der Waals surface area contributed by atoms with E-state index in [9.17, 15) is 4.79 Å². The summed E-state index contributed by atoms with van der Waals surface area (Å²) in [6.07, 6.45) is 0.411. The third-order valence-corrected chi connectivity index (χ3v) is 4.49. The molecule has 4 heteroatoms. The molecular formula is C18H29N2O2+. The van der Waals surface area contributed by atoms with Gasteiger partial charge in [0.05, 0.1) is 0 Å². The normalized spacial score (nSPS) is 26.5. The zero-order valence-electron chi connectivity index (χ0n) is 14.6. The van der Waals surface area contributed by atoms with Gasteiger partial charge in [-0.05, 0) is 52.7 Å². The van der Waals surface area contributed by atoms with Crippen LogP contribution in [0, 0.1) is 20.8 Å². The van der Waals surface area contributed by atoms with E-state index in [1.807, 2.05) is 20.8 Å². The zero-order chi connectivity index (χ0) is 16.4. The number of ether oxygens (including phenoxy) is 1. The van der Waals surface area contributed by atoms with Crippen molar-refractivity contribution >= 4 is 11.6 Å². The molecule has 1 unspecified atom stereocenters. The number of rotatable bonds is 3. The molecule has 0 bridgehead atoms. The van der Waals surface area contributed by atoms with Gasteiger partial charge in [-0.3, -0.25) is 4.79 Å². The van der Waals surface area contributed by atoms with E-state index in [1.165, 1.54) is 10.5 Å².